The van der Waals surface area contributed by atoms with Crippen LogP contribution in [0.15, 0.2) is 66.9 Å². The van der Waals surface area contributed by atoms with Crippen molar-refractivity contribution < 1.29 is 41.0 Å². The first-order chi connectivity index (χ1) is 19.5. The third-order valence-corrected chi connectivity index (χ3v) is 6.81. The molecule has 2 aliphatic rings. The minimum Gasteiger partial charge on any atom is -0.468 e. The molecule has 4 aromatic rings. The van der Waals surface area contributed by atoms with Gasteiger partial charge in [0.05, 0.1) is 11.4 Å². The number of carbonyl (C=O) groups is 1. The summed E-state index contributed by atoms with van der Waals surface area (Å²) in [4.78, 5) is 18.7. The van der Waals surface area contributed by atoms with Crippen molar-refractivity contribution in [1.29, 1.82) is 0 Å². The van der Waals surface area contributed by atoms with Gasteiger partial charge in [0.1, 0.15) is 6.10 Å². The van der Waals surface area contributed by atoms with Gasteiger partial charge in [-0.3, -0.25) is 4.79 Å². The van der Waals surface area contributed by atoms with Gasteiger partial charge in [-0.05, 0) is 55.7 Å². The summed E-state index contributed by atoms with van der Waals surface area (Å²) in [5.41, 5.74) is -0.144. The fourth-order valence-corrected chi connectivity index (χ4v) is 4.97. The Morgan fingerprint density at radius 2 is 1.88 bits per heavy atom. The monoisotopic (exact) mass is 572 g/mol. The molecule has 13 heteroatoms. The van der Waals surface area contributed by atoms with Gasteiger partial charge in [-0.25, -0.2) is 9.67 Å². The molecule has 6 rings (SSSR count). The minimum atomic E-state index is -4.70. The van der Waals surface area contributed by atoms with Crippen molar-refractivity contribution in [3.05, 3.63) is 89.4 Å². The number of ether oxygens (including phenoxy) is 3. The number of pyridine rings is 1. The fourth-order valence-electron chi connectivity index (χ4n) is 4.97. The summed E-state index contributed by atoms with van der Waals surface area (Å²) < 4.78 is 85.0. The van der Waals surface area contributed by atoms with E-state index in [1.165, 1.54) is 59.2 Å². The van der Waals surface area contributed by atoms with E-state index in [9.17, 15) is 26.7 Å². The number of hydrogen-bond acceptors (Lipinski definition) is 6. The first-order valence-corrected chi connectivity index (χ1v) is 12.6. The van der Waals surface area contributed by atoms with Gasteiger partial charge in [0.15, 0.2) is 17.2 Å². The molecular formula is C28H21F5N4O4. The number of rotatable bonds is 5. The van der Waals surface area contributed by atoms with E-state index in [2.05, 4.69) is 19.6 Å². The van der Waals surface area contributed by atoms with E-state index in [4.69, 9.17) is 4.74 Å². The second-order valence-corrected chi connectivity index (χ2v) is 9.50. The van der Waals surface area contributed by atoms with Crippen molar-refractivity contribution in [2.45, 2.75) is 37.8 Å². The predicted octanol–water partition coefficient (Wildman–Crippen LogP) is 6.34. The van der Waals surface area contributed by atoms with Gasteiger partial charge in [0.2, 0.25) is 5.88 Å². The third-order valence-electron chi connectivity index (χ3n) is 6.81. The lowest BCUT2D eigenvalue weighted by molar-refractivity contribution is -0.286. The molecule has 0 unspecified atom stereocenters. The van der Waals surface area contributed by atoms with Gasteiger partial charge in [-0.15, -0.1) is 8.78 Å². The minimum absolute atomic E-state index is 0.0377. The van der Waals surface area contributed by atoms with Crippen LogP contribution in [0.3, 0.4) is 0 Å². The predicted molar refractivity (Wildman–Crippen MR) is 134 cm³/mol. The molecule has 1 amide bonds. The zero-order chi connectivity index (χ0) is 28.9. The Hall–Kier alpha value is -4.68. The van der Waals surface area contributed by atoms with Crippen molar-refractivity contribution in [2.24, 2.45) is 0 Å². The Labute approximate surface area is 229 Å². The summed E-state index contributed by atoms with van der Waals surface area (Å²) in [6, 6.07) is 14.9. The van der Waals surface area contributed by atoms with E-state index in [0.717, 1.165) is 0 Å². The first kappa shape index (κ1) is 26.5. The standard InChI is InChI=1S/C28H21F5N4O4/c1-36(17-11-12-20-22(15-17)41-28(32,33)40-20)26(38)16-6-4-7-18(14-16)37-24-19(25(35-37)27(29,30)31)8-5-9-21(24)39-23-10-2-3-13-34-23/h2-4,6-7,10-15,21H,5,8-9H2,1H3/t21-/m0/s1. The molecule has 3 heterocycles. The topological polar surface area (TPSA) is 78.7 Å². The molecule has 0 saturated heterocycles. The maximum Gasteiger partial charge on any atom is 0.586 e. The average Bonchev–Trinajstić information content (AvgIpc) is 3.49. The number of aromatic nitrogens is 3. The Kier molecular flexibility index (Phi) is 6.31. The molecule has 0 saturated carbocycles. The zero-order valence-electron chi connectivity index (χ0n) is 21.4. The highest BCUT2D eigenvalue weighted by molar-refractivity contribution is 6.06. The highest BCUT2D eigenvalue weighted by atomic mass is 19.4. The van der Waals surface area contributed by atoms with E-state index in [0.29, 0.717) is 12.8 Å². The maximum atomic E-state index is 14.0. The number of benzene rings is 2. The fraction of sp³-hybridized carbons (Fsp3) is 0.250. The summed E-state index contributed by atoms with van der Waals surface area (Å²) in [7, 11) is 1.43. The Bertz CT molecular complexity index is 1620. The van der Waals surface area contributed by atoms with Crippen LogP contribution in [0.25, 0.3) is 5.69 Å². The number of nitrogens with zero attached hydrogens (tertiary/aromatic N) is 4. The molecule has 0 radical (unpaired) electrons. The van der Waals surface area contributed by atoms with Gasteiger partial charge in [-0.1, -0.05) is 12.1 Å². The molecule has 1 atom stereocenters. The van der Waals surface area contributed by atoms with Crippen molar-refractivity contribution in [3.8, 4) is 23.1 Å². The lowest BCUT2D eigenvalue weighted by Crippen LogP contribution is -2.26. The van der Waals surface area contributed by atoms with Crippen LogP contribution < -0.4 is 19.1 Å². The quantitative estimate of drug-likeness (QED) is 0.260. The van der Waals surface area contributed by atoms with Crippen molar-refractivity contribution in [1.82, 2.24) is 14.8 Å². The summed E-state index contributed by atoms with van der Waals surface area (Å²) in [5, 5.41) is 3.95. The number of alkyl halides is 5. The van der Waals surface area contributed by atoms with E-state index in [1.807, 2.05) is 0 Å². The average molecular weight is 572 g/mol. The van der Waals surface area contributed by atoms with Crippen LogP contribution in [0.5, 0.6) is 17.4 Å². The number of hydrogen-bond donors (Lipinski definition) is 0. The van der Waals surface area contributed by atoms with Gasteiger partial charge in [-0.2, -0.15) is 18.3 Å². The molecule has 0 bridgehead atoms. The SMILES string of the molecule is CN(C(=O)c1cccc(-n2nc(C(F)(F)F)c3c2[C@@H](Oc2ccccn2)CCC3)c1)c1ccc2c(c1)OC(F)(F)O2. The van der Waals surface area contributed by atoms with Crippen LogP contribution in [-0.2, 0) is 12.6 Å². The summed E-state index contributed by atoms with van der Waals surface area (Å²) in [6.45, 7) is 0. The molecule has 1 aliphatic carbocycles. The van der Waals surface area contributed by atoms with Crippen LogP contribution in [-0.4, -0.2) is 34.0 Å². The molecule has 2 aromatic carbocycles. The highest BCUT2D eigenvalue weighted by Crippen LogP contribution is 2.44. The second kappa shape index (κ2) is 9.75. The van der Waals surface area contributed by atoms with Crippen molar-refractivity contribution in [3.63, 3.8) is 0 Å². The zero-order valence-corrected chi connectivity index (χ0v) is 21.4. The highest BCUT2D eigenvalue weighted by Gasteiger charge is 2.44. The largest absolute Gasteiger partial charge is 0.586 e. The van der Waals surface area contributed by atoms with Crippen LogP contribution in [0.1, 0.15) is 46.3 Å². The summed E-state index contributed by atoms with van der Waals surface area (Å²) in [5.74, 6) is -0.690. The van der Waals surface area contributed by atoms with E-state index in [-0.39, 0.29) is 52.0 Å². The summed E-state index contributed by atoms with van der Waals surface area (Å²) >= 11 is 0. The van der Waals surface area contributed by atoms with Gasteiger partial charge >= 0.3 is 12.5 Å². The molecule has 0 spiro atoms. The van der Waals surface area contributed by atoms with E-state index >= 15 is 0 Å². The Morgan fingerprint density at radius 3 is 2.63 bits per heavy atom. The molecule has 0 N–H and O–H groups in total. The van der Waals surface area contributed by atoms with Crippen molar-refractivity contribution >= 4 is 11.6 Å². The summed E-state index contributed by atoms with van der Waals surface area (Å²) in [6.07, 6.45) is -6.68. The van der Waals surface area contributed by atoms with Gasteiger partial charge in [0.25, 0.3) is 5.91 Å². The number of fused-ring (bicyclic) bond motifs is 2. The molecule has 1 aliphatic heterocycles. The maximum absolute atomic E-state index is 14.0. The molecule has 2 aromatic heterocycles. The van der Waals surface area contributed by atoms with Crippen LogP contribution in [0.2, 0.25) is 0 Å². The first-order valence-electron chi connectivity index (χ1n) is 12.6. The smallest absolute Gasteiger partial charge is 0.468 e. The van der Waals surface area contributed by atoms with Crippen LogP contribution >= 0.6 is 0 Å². The number of anilines is 1. The number of halogens is 5. The van der Waals surface area contributed by atoms with Gasteiger partial charge in [0, 0.05) is 42.2 Å². The Balaban J connectivity index is 1.36. The van der Waals surface area contributed by atoms with Gasteiger partial charge < -0.3 is 19.1 Å². The second-order valence-electron chi connectivity index (χ2n) is 9.50. The molecule has 8 nitrogen and oxygen atoms in total. The molecule has 41 heavy (non-hydrogen) atoms. The number of carbonyl (C=O) groups excluding carboxylic acids is 1. The molecule has 0 fully saturated rings. The van der Waals surface area contributed by atoms with E-state index < -0.39 is 30.2 Å². The van der Waals surface area contributed by atoms with E-state index in [1.54, 1.807) is 24.3 Å². The van der Waals surface area contributed by atoms with Crippen molar-refractivity contribution in [2.75, 3.05) is 11.9 Å². The van der Waals surface area contributed by atoms with Crippen LogP contribution in [0, 0.1) is 0 Å². The number of amides is 1. The lowest BCUT2D eigenvalue weighted by Gasteiger charge is -2.25. The molecule has 212 valence electrons. The molecular weight excluding hydrogens is 551 g/mol. The normalized spacial score (nSPS) is 17.2. The Morgan fingerprint density at radius 1 is 1.07 bits per heavy atom. The lowest BCUT2D eigenvalue weighted by atomic mass is 9.93. The third kappa shape index (κ3) is 5.03. The van der Waals surface area contributed by atoms with Crippen LogP contribution in [0.4, 0.5) is 27.6 Å².